The number of allylic oxidation sites excluding steroid dienone is 4. The lowest BCUT2D eigenvalue weighted by Gasteiger charge is -2.35. The Hall–Kier alpha value is -0.520. The highest BCUT2D eigenvalue weighted by molar-refractivity contribution is 5.33. The van der Waals surface area contributed by atoms with Crippen molar-refractivity contribution in [2.45, 2.75) is 143 Å². The molecule has 1 saturated carbocycles. The summed E-state index contributed by atoms with van der Waals surface area (Å²) in [6.45, 7) is 7.64. The SMILES string of the molecule is CC1CCCCCCCCC2=C1C(C)(C)C=CC1CCCCCCCCCCCC21. The van der Waals surface area contributed by atoms with E-state index >= 15 is 0 Å². The predicted molar refractivity (Wildman–Crippen MR) is 134 cm³/mol. The fraction of sp³-hybridized carbons (Fsp3) is 0.867. The fourth-order valence-corrected chi connectivity index (χ4v) is 7.02. The van der Waals surface area contributed by atoms with Crippen molar-refractivity contribution in [3.63, 3.8) is 0 Å². The second-order valence-electron chi connectivity index (χ2n) is 11.6. The summed E-state index contributed by atoms with van der Waals surface area (Å²) in [4.78, 5) is 0. The van der Waals surface area contributed by atoms with Crippen molar-refractivity contribution in [1.29, 1.82) is 0 Å². The molecule has 0 heteroatoms. The zero-order valence-electron chi connectivity index (χ0n) is 20.8. The summed E-state index contributed by atoms with van der Waals surface area (Å²) >= 11 is 0. The third-order valence-electron chi connectivity index (χ3n) is 8.64. The highest BCUT2D eigenvalue weighted by atomic mass is 14.4. The van der Waals surface area contributed by atoms with Gasteiger partial charge in [-0.05, 0) is 49.9 Å². The van der Waals surface area contributed by atoms with E-state index in [1.807, 2.05) is 11.1 Å². The number of hydrogen-bond donors (Lipinski definition) is 0. The number of rotatable bonds is 0. The van der Waals surface area contributed by atoms with E-state index in [0.717, 1.165) is 17.8 Å². The monoisotopic (exact) mass is 412 g/mol. The van der Waals surface area contributed by atoms with Crippen LogP contribution in [0.25, 0.3) is 0 Å². The van der Waals surface area contributed by atoms with Gasteiger partial charge in [-0.2, -0.15) is 0 Å². The van der Waals surface area contributed by atoms with E-state index in [4.69, 9.17) is 0 Å². The van der Waals surface area contributed by atoms with Gasteiger partial charge in [-0.1, -0.05) is 134 Å². The van der Waals surface area contributed by atoms with Gasteiger partial charge in [0.15, 0.2) is 0 Å². The molecule has 0 nitrogen and oxygen atoms in total. The summed E-state index contributed by atoms with van der Waals surface area (Å²) in [5, 5.41) is 0. The van der Waals surface area contributed by atoms with Gasteiger partial charge in [0, 0.05) is 5.41 Å². The van der Waals surface area contributed by atoms with Gasteiger partial charge in [0.1, 0.15) is 0 Å². The van der Waals surface area contributed by atoms with Crippen LogP contribution in [-0.4, -0.2) is 0 Å². The van der Waals surface area contributed by atoms with Crippen LogP contribution in [0.15, 0.2) is 23.3 Å². The summed E-state index contributed by atoms with van der Waals surface area (Å²) < 4.78 is 0. The van der Waals surface area contributed by atoms with Crippen molar-refractivity contribution in [2.24, 2.45) is 23.2 Å². The third-order valence-corrected chi connectivity index (χ3v) is 8.64. The molecule has 0 spiro atoms. The Morgan fingerprint density at radius 3 is 1.77 bits per heavy atom. The molecule has 0 N–H and O–H groups in total. The topological polar surface area (TPSA) is 0 Å². The van der Waals surface area contributed by atoms with Gasteiger partial charge in [0.2, 0.25) is 0 Å². The van der Waals surface area contributed by atoms with Crippen LogP contribution in [0.2, 0.25) is 0 Å². The van der Waals surface area contributed by atoms with Gasteiger partial charge in [0.05, 0.1) is 0 Å². The summed E-state index contributed by atoms with van der Waals surface area (Å²) in [6, 6.07) is 0. The molecule has 3 atom stereocenters. The standard InChI is InChI=1S/C30H52/c1-25-19-15-11-9-10-14-18-22-28-27-21-17-13-8-6-4-5-7-12-16-20-26(27)23-24-30(2,3)29(25)28/h23-27H,4-22H2,1-3H3. The molecule has 0 radical (unpaired) electrons. The van der Waals surface area contributed by atoms with E-state index < -0.39 is 0 Å². The molecule has 0 amide bonds. The minimum atomic E-state index is 0.251. The van der Waals surface area contributed by atoms with Crippen LogP contribution in [0.4, 0.5) is 0 Å². The fourth-order valence-electron chi connectivity index (χ4n) is 7.02. The zero-order chi connectivity index (χ0) is 21.2. The van der Waals surface area contributed by atoms with Crippen molar-refractivity contribution >= 4 is 0 Å². The van der Waals surface area contributed by atoms with E-state index in [0.29, 0.717) is 0 Å². The average molecular weight is 413 g/mol. The molecule has 0 aromatic carbocycles. The van der Waals surface area contributed by atoms with Crippen molar-refractivity contribution < 1.29 is 0 Å². The molecule has 172 valence electrons. The molecule has 30 heavy (non-hydrogen) atoms. The van der Waals surface area contributed by atoms with Crippen LogP contribution in [0.3, 0.4) is 0 Å². The highest BCUT2D eigenvalue weighted by Gasteiger charge is 2.35. The minimum absolute atomic E-state index is 0.251. The van der Waals surface area contributed by atoms with Crippen LogP contribution in [-0.2, 0) is 0 Å². The van der Waals surface area contributed by atoms with Crippen LogP contribution in [0.5, 0.6) is 0 Å². The van der Waals surface area contributed by atoms with Crippen LogP contribution in [0.1, 0.15) is 143 Å². The summed E-state index contributed by atoms with van der Waals surface area (Å²) in [5.74, 6) is 2.40. The van der Waals surface area contributed by atoms with Crippen molar-refractivity contribution in [3.8, 4) is 0 Å². The number of hydrogen-bond acceptors (Lipinski definition) is 0. The van der Waals surface area contributed by atoms with E-state index in [1.54, 1.807) is 0 Å². The smallest absolute Gasteiger partial charge is 0.00397 e. The zero-order valence-corrected chi connectivity index (χ0v) is 20.8. The summed E-state index contributed by atoms with van der Waals surface area (Å²) in [6.07, 6.45) is 33.0. The first kappa shape index (κ1) is 24.1. The molecule has 0 aromatic heterocycles. The average Bonchev–Trinajstić information content (AvgIpc) is 2.82. The van der Waals surface area contributed by atoms with Crippen LogP contribution >= 0.6 is 0 Å². The van der Waals surface area contributed by atoms with E-state index in [-0.39, 0.29) is 5.41 Å². The molecule has 0 heterocycles. The Balaban J connectivity index is 1.93. The van der Waals surface area contributed by atoms with Crippen molar-refractivity contribution in [3.05, 3.63) is 23.3 Å². The lowest BCUT2D eigenvalue weighted by atomic mass is 9.70. The minimum Gasteiger partial charge on any atom is -0.0840 e. The Morgan fingerprint density at radius 1 is 0.633 bits per heavy atom. The largest absolute Gasteiger partial charge is 0.0840 e. The molecule has 0 saturated heterocycles. The first-order chi connectivity index (χ1) is 14.6. The summed E-state index contributed by atoms with van der Waals surface area (Å²) in [5.41, 5.74) is 4.07. The molecule has 1 fully saturated rings. The molecular weight excluding hydrogens is 360 g/mol. The third kappa shape index (κ3) is 7.00. The van der Waals surface area contributed by atoms with Gasteiger partial charge in [0.25, 0.3) is 0 Å². The molecule has 0 aliphatic heterocycles. The summed E-state index contributed by atoms with van der Waals surface area (Å²) in [7, 11) is 0. The van der Waals surface area contributed by atoms with E-state index in [9.17, 15) is 0 Å². The van der Waals surface area contributed by atoms with Gasteiger partial charge in [-0.25, -0.2) is 0 Å². The van der Waals surface area contributed by atoms with Crippen molar-refractivity contribution in [1.82, 2.24) is 0 Å². The maximum Gasteiger partial charge on any atom is 0.00397 e. The molecule has 0 aromatic rings. The molecule has 3 aliphatic carbocycles. The van der Waals surface area contributed by atoms with Crippen molar-refractivity contribution in [2.75, 3.05) is 0 Å². The lowest BCUT2D eigenvalue weighted by Crippen LogP contribution is -2.23. The Morgan fingerprint density at radius 2 is 1.13 bits per heavy atom. The van der Waals surface area contributed by atoms with Crippen LogP contribution < -0.4 is 0 Å². The predicted octanol–water partition coefficient (Wildman–Crippen LogP) is 10.2. The quantitative estimate of drug-likeness (QED) is 0.347. The lowest BCUT2D eigenvalue weighted by molar-refractivity contribution is 0.358. The first-order valence-electron chi connectivity index (χ1n) is 14.0. The maximum atomic E-state index is 2.70. The molecule has 3 aliphatic rings. The highest BCUT2D eigenvalue weighted by Crippen LogP contribution is 2.48. The Bertz CT molecular complexity index is 548. The van der Waals surface area contributed by atoms with E-state index in [1.165, 1.54) is 122 Å². The van der Waals surface area contributed by atoms with Gasteiger partial charge < -0.3 is 0 Å². The normalized spacial score (nSPS) is 33.0. The van der Waals surface area contributed by atoms with Crippen LogP contribution in [0, 0.1) is 23.2 Å². The second-order valence-corrected chi connectivity index (χ2v) is 11.6. The molecular formula is C30H52. The van der Waals surface area contributed by atoms with Gasteiger partial charge in [-0.3, -0.25) is 0 Å². The number of fused-ring (bicyclic) bond motifs is 2. The van der Waals surface area contributed by atoms with E-state index in [2.05, 4.69) is 32.9 Å². The Labute approximate surface area is 189 Å². The van der Waals surface area contributed by atoms with Gasteiger partial charge >= 0.3 is 0 Å². The van der Waals surface area contributed by atoms with Gasteiger partial charge in [-0.15, -0.1) is 0 Å². The Kier molecular flexibility index (Phi) is 10.1. The first-order valence-corrected chi connectivity index (χ1v) is 14.0. The maximum absolute atomic E-state index is 2.70. The molecule has 0 bridgehead atoms. The molecule has 3 rings (SSSR count). The molecule has 3 unspecified atom stereocenters. The second kappa shape index (κ2) is 12.5.